The normalized spacial score (nSPS) is 16.2. The maximum absolute atomic E-state index is 12.5. The van der Waals surface area contributed by atoms with Crippen molar-refractivity contribution < 1.29 is 17.9 Å². The van der Waals surface area contributed by atoms with E-state index in [2.05, 4.69) is 15.3 Å². The van der Waals surface area contributed by atoms with E-state index in [1.165, 1.54) is 24.3 Å². The molecule has 1 saturated carbocycles. The van der Waals surface area contributed by atoms with E-state index in [1.54, 1.807) is 19.3 Å². The van der Waals surface area contributed by atoms with Crippen LogP contribution in [0.4, 0.5) is 0 Å². The van der Waals surface area contributed by atoms with Crippen molar-refractivity contribution in [3.8, 4) is 11.8 Å². The first kappa shape index (κ1) is 18.3. The number of primary sulfonamides is 1. The van der Waals surface area contributed by atoms with E-state index in [9.17, 15) is 13.2 Å². The van der Waals surface area contributed by atoms with E-state index in [0.717, 1.165) is 25.7 Å². The molecule has 1 aliphatic rings. The Morgan fingerprint density at radius 3 is 2.42 bits per heavy atom. The molecule has 0 atom stereocenters. The first-order valence-corrected chi connectivity index (χ1v) is 9.76. The zero-order valence-electron chi connectivity index (χ0n) is 14.3. The van der Waals surface area contributed by atoms with Crippen molar-refractivity contribution >= 4 is 15.9 Å². The molecule has 0 saturated heterocycles. The average Bonchev–Trinajstić information content (AvgIpc) is 3.12. The quantitative estimate of drug-likeness (QED) is 0.814. The van der Waals surface area contributed by atoms with E-state index < -0.39 is 15.4 Å². The van der Waals surface area contributed by atoms with Gasteiger partial charge in [-0.2, -0.15) is 4.98 Å². The van der Waals surface area contributed by atoms with E-state index >= 15 is 0 Å². The summed E-state index contributed by atoms with van der Waals surface area (Å²) in [7, 11) is -2.14. The van der Waals surface area contributed by atoms with E-state index in [1.807, 2.05) is 0 Å². The third-order valence-corrected chi connectivity index (χ3v) is 5.53. The first-order chi connectivity index (χ1) is 12.3. The predicted molar refractivity (Wildman–Crippen MR) is 94.1 cm³/mol. The summed E-state index contributed by atoms with van der Waals surface area (Å²) < 4.78 is 28.2. The Kier molecular flexibility index (Phi) is 4.92. The molecule has 0 unspecified atom stereocenters. The molecule has 1 heterocycles. The molecule has 1 aromatic carbocycles. The lowest BCUT2D eigenvalue weighted by Crippen LogP contribution is -2.41. The van der Waals surface area contributed by atoms with E-state index in [0.29, 0.717) is 11.4 Å². The molecule has 1 aromatic heterocycles. The van der Waals surface area contributed by atoms with Crippen LogP contribution in [0.3, 0.4) is 0 Å². The molecule has 26 heavy (non-hydrogen) atoms. The highest BCUT2D eigenvalue weighted by molar-refractivity contribution is 7.89. The van der Waals surface area contributed by atoms with Crippen LogP contribution in [0.5, 0.6) is 11.8 Å². The summed E-state index contributed by atoms with van der Waals surface area (Å²) in [4.78, 5) is 21.0. The van der Waals surface area contributed by atoms with Gasteiger partial charge < -0.3 is 10.1 Å². The zero-order chi connectivity index (χ0) is 18.8. The maximum atomic E-state index is 12.5. The van der Waals surface area contributed by atoms with Crippen LogP contribution in [0, 0.1) is 0 Å². The van der Waals surface area contributed by atoms with Gasteiger partial charge in [0.05, 0.1) is 16.0 Å². The lowest BCUT2D eigenvalue weighted by atomic mass is 9.81. The number of aromatic nitrogens is 2. The first-order valence-electron chi connectivity index (χ1n) is 8.22. The van der Waals surface area contributed by atoms with Gasteiger partial charge in [0.25, 0.3) is 0 Å². The monoisotopic (exact) mass is 376 g/mol. The van der Waals surface area contributed by atoms with Crippen molar-refractivity contribution in [1.29, 1.82) is 0 Å². The number of rotatable bonds is 5. The fraction of sp³-hybridized carbons (Fsp3) is 0.353. The summed E-state index contributed by atoms with van der Waals surface area (Å²) in [5, 5.41) is 7.80. The Morgan fingerprint density at radius 1 is 1.19 bits per heavy atom. The number of benzene rings is 1. The lowest BCUT2D eigenvalue weighted by molar-refractivity contribution is -0.126. The number of carbonyl (C=O) groups is 1. The Labute approximate surface area is 151 Å². The minimum atomic E-state index is -3.76. The van der Waals surface area contributed by atoms with Crippen LogP contribution >= 0.6 is 0 Å². The van der Waals surface area contributed by atoms with Crippen molar-refractivity contribution in [1.82, 2.24) is 15.3 Å². The molecule has 0 aliphatic heterocycles. The van der Waals surface area contributed by atoms with Gasteiger partial charge >= 0.3 is 6.01 Å². The fourth-order valence-electron chi connectivity index (χ4n) is 3.28. The minimum absolute atomic E-state index is 0.0101. The smallest absolute Gasteiger partial charge is 0.322 e. The Morgan fingerprint density at radius 2 is 1.85 bits per heavy atom. The van der Waals surface area contributed by atoms with Gasteiger partial charge in [-0.25, -0.2) is 18.5 Å². The molecule has 2 aromatic rings. The molecule has 0 radical (unpaired) electrons. The number of hydrogen-bond donors (Lipinski definition) is 2. The van der Waals surface area contributed by atoms with Gasteiger partial charge in [-0.15, -0.1) is 0 Å². The Hall–Kier alpha value is -2.52. The summed E-state index contributed by atoms with van der Waals surface area (Å²) in [6, 6.07) is 7.47. The number of ether oxygens (including phenoxy) is 1. The summed E-state index contributed by atoms with van der Waals surface area (Å²) in [5.41, 5.74) is -0.0340. The maximum Gasteiger partial charge on any atom is 0.322 e. The van der Waals surface area contributed by atoms with Gasteiger partial charge in [-0.3, -0.25) is 4.79 Å². The standard InChI is InChI=1S/C17H20N4O4S/c1-19-15(22)17(9-2-3-10-17)14-8-11-20-16(21-14)25-12-4-6-13(7-5-12)26(18,23)24/h4-8,11H,2-3,9-10H2,1H3,(H,19,22)(H2,18,23,24). The van der Waals surface area contributed by atoms with Crippen molar-refractivity contribution in [2.75, 3.05) is 7.05 Å². The van der Waals surface area contributed by atoms with Gasteiger partial charge in [0, 0.05) is 13.2 Å². The highest BCUT2D eigenvalue weighted by Crippen LogP contribution is 2.40. The van der Waals surface area contributed by atoms with Crippen LogP contribution < -0.4 is 15.2 Å². The summed E-state index contributed by atoms with van der Waals surface area (Å²) in [6.45, 7) is 0. The van der Waals surface area contributed by atoms with Crippen molar-refractivity contribution in [2.24, 2.45) is 5.14 Å². The number of amides is 1. The summed E-state index contributed by atoms with van der Waals surface area (Å²) >= 11 is 0. The Balaban J connectivity index is 1.87. The third-order valence-electron chi connectivity index (χ3n) is 4.60. The van der Waals surface area contributed by atoms with Crippen LogP contribution in [-0.2, 0) is 20.2 Å². The molecular formula is C17H20N4O4S. The van der Waals surface area contributed by atoms with Crippen LogP contribution in [-0.4, -0.2) is 31.3 Å². The number of nitrogens with one attached hydrogen (secondary N) is 1. The number of sulfonamides is 1. The van der Waals surface area contributed by atoms with Crippen molar-refractivity contribution in [2.45, 2.75) is 36.0 Å². The largest absolute Gasteiger partial charge is 0.424 e. The number of nitrogens with zero attached hydrogens (tertiary/aromatic N) is 2. The van der Waals surface area contributed by atoms with Crippen LogP contribution in [0.1, 0.15) is 31.4 Å². The number of nitrogens with two attached hydrogens (primary N) is 1. The second kappa shape index (κ2) is 7.00. The molecule has 3 rings (SSSR count). The molecule has 0 spiro atoms. The predicted octanol–water partition coefficient (Wildman–Crippen LogP) is 1.47. The van der Waals surface area contributed by atoms with E-state index in [4.69, 9.17) is 9.88 Å². The van der Waals surface area contributed by atoms with Gasteiger partial charge in [0.2, 0.25) is 15.9 Å². The van der Waals surface area contributed by atoms with Gasteiger partial charge in [0.15, 0.2) is 0 Å². The molecule has 8 nitrogen and oxygen atoms in total. The van der Waals surface area contributed by atoms with Crippen molar-refractivity contribution in [3.05, 3.63) is 42.2 Å². The van der Waals surface area contributed by atoms with Crippen LogP contribution in [0.15, 0.2) is 41.4 Å². The molecule has 1 fully saturated rings. The zero-order valence-corrected chi connectivity index (χ0v) is 15.1. The van der Waals surface area contributed by atoms with Crippen LogP contribution in [0.25, 0.3) is 0 Å². The number of carbonyl (C=O) groups excluding carboxylic acids is 1. The fourth-order valence-corrected chi connectivity index (χ4v) is 3.79. The molecule has 1 aliphatic carbocycles. The van der Waals surface area contributed by atoms with Gasteiger partial charge in [-0.05, 0) is 43.2 Å². The summed E-state index contributed by atoms with van der Waals surface area (Å²) in [5.74, 6) is 0.312. The average molecular weight is 376 g/mol. The molecular weight excluding hydrogens is 356 g/mol. The SMILES string of the molecule is CNC(=O)C1(c2ccnc(Oc3ccc(S(N)(=O)=O)cc3)n2)CCCC1. The summed E-state index contributed by atoms with van der Waals surface area (Å²) in [6.07, 6.45) is 4.93. The Bertz CT molecular complexity index is 907. The van der Waals surface area contributed by atoms with Gasteiger partial charge in [0.1, 0.15) is 5.75 Å². The molecule has 3 N–H and O–H groups in total. The van der Waals surface area contributed by atoms with E-state index in [-0.39, 0.29) is 16.8 Å². The molecule has 138 valence electrons. The molecule has 9 heteroatoms. The second-order valence-electron chi connectivity index (χ2n) is 6.21. The number of hydrogen-bond acceptors (Lipinski definition) is 6. The van der Waals surface area contributed by atoms with Crippen LogP contribution in [0.2, 0.25) is 0 Å². The topological polar surface area (TPSA) is 124 Å². The second-order valence-corrected chi connectivity index (χ2v) is 7.77. The molecule has 1 amide bonds. The number of likely N-dealkylation sites (N-methyl/N-ethyl adjacent to an activating group) is 1. The van der Waals surface area contributed by atoms with Crippen molar-refractivity contribution in [3.63, 3.8) is 0 Å². The minimum Gasteiger partial charge on any atom is -0.424 e. The van der Waals surface area contributed by atoms with Gasteiger partial charge in [-0.1, -0.05) is 12.8 Å². The highest BCUT2D eigenvalue weighted by atomic mass is 32.2. The highest BCUT2D eigenvalue weighted by Gasteiger charge is 2.43. The lowest BCUT2D eigenvalue weighted by Gasteiger charge is -2.26. The third kappa shape index (κ3) is 3.54. The molecule has 0 bridgehead atoms.